The summed E-state index contributed by atoms with van der Waals surface area (Å²) in [6.45, 7) is 3.20. The van der Waals surface area contributed by atoms with Crippen LogP contribution < -0.4 is 5.32 Å². The van der Waals surface area contributed by atoms with Gasteiger partial charge in [-0.1, -0.05) is 0 Å². The average Bonchev–Trinajstić information content (AvgIpc) is 2.90. The summed E-state index contributed by atoms with van der Waals surface area (Å²) in [6, 6.07) is 4.50. The Morgan fingerprint density at radius 3 is 2.71 bits per heavy atom. The molecule has 0 saturated carbocycles. The minimum atomic E-state index is -1.16. The maximum Gasteiger partial charge on any atom is 0.354 e. The van der Waals surface area contributed by atoms with Crippen molar-refractivity contribution in [3.05, 3.63) is 47.5 Å². The molecule has 1 unspecified atom stereocenters. The molecule has 6 nitrogen and oxygen atoms in total. The van der Waals surface area contributed by atoms with Crippen LogP contribution in [0.2, 0.25) is 0 Å². The third kappa shape index (κ3) is 3.07. The van der Waals surface area contributed by atoms with Crippen molar-refractivity contribution in [2.45, 2.75) is 19.9 Å². The largest absolute Gasteiger partial charge is 0.477 e. The number of carbonyl (C=O) groups excluding carboxylic acids is 1. The lowest BCUT2D eigenvalue weighted by atomic mass is 10.2. The third-order valence-corrected chi connectivity index (χ3v) is 3.08. The van der Waals surface area contributed by atoms with Gasteiger partial charge in [0.25, 0.3) is 0 Å². The van der Waals surface area contributed by atoms with Gasteiger partial charge in [0.05, 0.1) is 0 Å². The number of hydrogen-bond acceptors (Lipinski definition) is 3. The fourth-order valence-corrected chi connectivity index (χ4v) is 1.91. The summed E-state index contributed by atoms with van der Waals surface area (Å²) in [6.07, 6.45) is 1.32. The highest BCUT2D eigenvalue weighted by Gasteiger charge is 2.21. The second-order valence-electron chi connectivity index (χ2n) is 4.59. The standard InChI is InChI=1S/C14H14FN3O3/c1-8-7-10(15)3-4-11(8)17-13(19)9(2)18-12(14(20)21)5-6-16-18/h3-7,9H,1-2H3,(H,17,19)(H,20,21). The molecule has 1 heterocycles. The van der Waals surface area contributed by atoms with E-state index >= 15 is 0 Å². The summed E-state index contributed by atoms with van der Waals surface area (Å²) in [7, 11) is 0. The fraction of sp³-hybridized carbons (Fsp3) is 0.214. The maximum absolute atomic E-state index is 13.0. The van der Waals surface area contributed by atoms with E-state index in [0.717, 1.165) is 4.68 Å². The molecule has 2 rings (SSSR count). The molecule has 0 aliphatic heterocycles. The Kier molecular flexibility index (Phi) is 4.02. The Morgan fingerprint density at radius 2 is 2.10 bits per heavy atom. The van der Waals surface area contributed by atoms with E-state index < -0.39 is 23.7 Å². The van der Waals surface area contributed by atoms with E-state index in [-0.39, 0.29) is 5.69 Å². The normalized spacial score (nSPS) is 12.0. The predicted octanol–water partition coefficient (Wildman–Crippen LogP) is 2.23. The van der Waals surface area contributed by atoms with Crippen molar-refractivity contribution >= 4 is 17.6 Å². The first kappa shape index (κ1) is 14.7. The number of nitrogens with zero attached hydrogens (tertiary/aromatic N) is 2. The number of aromatic carboxylic acids is 1. The number of amides is 1. The van der Waals surface area contributed by atoms with Gasteiger partial charge in [-0.15, -0.1) is 0 Å². The van der Waals surface area contributed by atoms with Crippen LogP contribution >= 0.6 is 0 Å². The fourth-order valence-electron chi connectivity index (χ4n) is 1.91. The molecule has 1 atom stereocenters. The molecule has 0 fully saturated rings. The van der Waals surface area contributed by atoms with E-state index in [0.29, 0.717) is 11.3 Å². The Morgan fingerprint density at radius 1 is 1.38 bits per heavy atom. The summed E-state index contributed by atoms with van der Waals surface area (Å²) in [5, 5.41) is 15.5. The zero-order chi connectivity index (χ0) is 15.6. The van der Waals surface area contributed by atoms with E-state index in [1.54, 1.807) is 6.92 Å². The van der Waals surface area contributed by atoms with Crippen LogP contribution in [0.5, 0.6) is 0 Å². The number of aryl methyl sites for hydroxylation is 1. The molecule has 1 aromatic carbocycles. The van der Waals surface area contributed by atoms with Gasteiger partial charge in [-0.25, -0.2) is 13.9 Å². The lowest BCUT2D eigenvalue weighted by Gasteiger charge is -2.15. The summed E-state index contributed by atoms with van der Waals surface area (Å²) in [4.78, 5) is 23.2. The summed E-state index contributed by atoms with van der Waals surface area (Å²) >= 11 is 0. The van der Waals surface area contributed by atoms with Gasteiger partial charge in [0.1, 0.15) is 17.6 Å². The first-order chi connectivity index (χ1) is 9.90. The first-order valence-corrected chi connectivity index (χ1v) is 6.24. The zero-order valence-corrected chi connectivity index (χ0v) is 11.5. The predicted molar refractivity (Wildman–Crippen MR) is 73.7 cm³/mol. The number of nitrogens with one attached hydrogen (secondary N) is 1. The number of carboxylic acids is 1. The van der Waals surface area contributed by atoms with Crippen molar-refractivity contribution in [2.75, 3.05) is 5.32 Å². The maximum atomic E-state index is 13.0. The molecule has 0 bridgehead atoms. The van der Waals surface area contributed by atoms with Gasteiger partial charge >= 0.3 is 5.97 Å². The van der Waals surface area contributed by atoms with Gasteiger partial charge < -0.3 is 10.4 Å². The molecule has 1 aromatic heterocycles. The zero-order valence-electron chi connectivity index (χ0n) is 11.5. The number of carbonyl (C=O) groups is 2. The van der Waals surface area contributed by atoms with Crippen LogP contribution in [-0.4, -0.2) is 26.8 Å². The van der Waals surface area contributed by atoms with E-state index in [1.807, 2.05) is 0 Å². The first-order valence-electron chi connectivity index (χ1n) is 6.24. The molecule has 0 spiro atoms. The highest BCUT2D eigenvalue weighted by molar-refractivity contribution is 5.95. The van der Waals surface area contributed by atoms with Crippen LogP contribution in [0.1, 0.15) is 29.0 Å². The molecule has 0 saturated heterocycles. The van der Waals surface area contributed by atoms with E-state index in [1.165, 1.54) is 37.4 Å². The Balaban J connectivity index is 2.20. The number of aromatic nitrogens is 2. The minimum absolute atomic E-state index is 0.0755. The molecule has 7 heteroatoms. The lowest BCUT2D eigenvalue weighted by molar-refractivity contribution is -0.119. The SMILES string of the molecule is Cc1cc(F)ccc1NC(=O)C(C)n1nccc1C(=O)O. The second-order valence-corrected chi connectivity index (χ2v) is 4.59. The molecule has 0 aliphatic carbocycles. The number of anilines is 1. The summed E-state index contributed by atoms with van der Waals surface area (Å²) in [5.41, 5.74) is 0.972. The molecule has 0 aliphatic rings. The molecule has 21 heavy (non-hydrogen) atoms. The van der Waals surface area contributed by atoms with E-state index in [9.17, 15) is 14.0 Å². The summed E-state index contributed by atoms with van der Waals surface area (Å²) in [5.74, 6) is -1.99. The van der Waals surface area contributed by atoms with E-state index in [2.05, 4.69) is 10.4 Å². The highest BCUT2D eigenvalue weighted by Crippen LogP contribution is 2.18. The monoisotopic (exact) mass is 291 g/mol. The number of hydrogen-bond donors (Lipinski definition) is 2. The molecule has 1 amide bonds. The van der Waals surface area contributed by atoms with Gasteiger partial charge in [0.2, 0.25) is 5.91 Å². The smallest absolute Gasteiger partial charge is 0.354 e. The van der Waals surface area contributed by atoms with Crippen molar-refractivity contribution in [3.63, 3.8) is 0 Å². The van der Waals surface area contributed by atoms with Crippen molar-refractivity contribution in [1.82, 2.24) is 9.78 Å². The molecule has 2 N–H and O–H groups in total. The van der Waals surface area contributed by atoms with Crippen LogP contribution in [0.25, 0.3) is 0 Å². The van der Waals surface area contributed by atoms with Crippen LogP contribution in [0.15, 0.2) is 30.5 Å². The minimum Gasteiger partial charge on any atom is -0.477 e. The number of benzene rings is 1. The molecule has 0 radical (unpaired) electrons. The van der Waals surface area contributed by atoms with Gasteiger partial charge in [0, 0.05) is 11.9 Å². The lowest BCUT2D eigenvalue weighted by Crippen LogP contribution is -2.27. The number of carboxylic acid groups (broad SMARTS) is 1. The van der Waals surface area contributed by atoms with Crippen LogP contribution in [0.3, 0.4) is 0 Å². The molecular weight excluding hydrogens is 277 g/mol. The van der Waals surface area contributed by atoms with Gasteiger partial charge in [-0.2, -0.15) is 5.10 Å². The van der Waals surface area contributed by atoms with Crippen molar-refractivity contribution in [3.8, 4) is 0 Å². The van der Waals surface area contributed by atoms with Crippen molar-refractivity contribution in [2.24, 2.45) is 0 Å². The molecule has 110 valence electrons. The quantitative estimate of drug-likeness (QED) is 0.904. The number of halogens is 1. The van der Waals surface area contributed by atoms with Crippen LogP contribution in [-0.2, 0) is 4.79 Å². The molecular formula is C14H14FN3O3. The average molecular weight is 291 g/mol. The van der Waals surface area contributed by atoms with E-state index in [4.69, 9.17) is 5.11 Å². The van der Waals surface area contributed by atoms with Gasteiger partial charge in [-0.3, -0.25) is 4.79 Å². The van der Waals surface area contributed by atoms with Crippen molar-refractivity contribution < 1.29 is 19.1 Å². The van der Waals surface area contributed by atoms with Crippen LogP contribution in [0.4, 0.5) is 10.1 Å². The Labute approximate surface area is 120 Å². The third-order valence-electron chi connectivity index (χ3n) is 3.08. The van der Waals surface area contributed by atoms with Crippen LogP contribution in [0, 0.1) is 12.7 Å². The molecule has 2 aromatic rings. The Bertz CT molecular complexity index is 697. The second kappa shape index (κ2) is 5.74. The van der Waals surface area contributed by atoms with Gasteiger partial charge in [0.15, 0.2) is 0 Å². The van der Waals surface area contributed by atoms with Crippen molar-refractivity contribution in [1.29, 1.82) is 0 Å². The highest BCUT2D eigenvalue weighted by atomic mass is 19.1. The van der Waals surface area contributed by atoms with Gasteiger partial charge in [-0.05, 0) is 43.7 Å². The summed E-state index contributed by atoms with van der Waals surface area (Å²) < 4.78 is 14.1. The topological polar surface area (TPSA) is 84.2 Å². The Hall–Kier alpha value is -2.70. The number of rotatable bonds is 4.